The van der Waals surface area contributed by atoms with Crippen LogP contribution in [0.15, 0.2) is 28.8 Å². The number of hydrogen-bond donors (Lipinski definition) is 1. The molecular weight excluding hydrogens is 206 g/mol. The maximum atomic E-state index is 6.20. The zero-order valence-corrected chi connectivity index (χ0v) is 9.51. The van der Waals surface area contributed by atoms with Crippen molar-refractivity contribution in [3.8, 4) is 0 Å². The van der Waals surface area contributed by atoms with Gasteiger partial charge in [-0.05, 0) is 42.5 Å². The molecule has 0 radical (unpaired) electrons. The van der Waals surface area contributed by atoms with Gasteiger partial charge in [0.2, 0.25) is 0 Å². The average Bonchev–Trinajstić information content (AvgIpc) is 2.73. The SMILES string of the molecule is C/C(Cl)=C1\C2CCC1c1c(N)cccc12. The molecule has 0 heterocycles. The quantitative estimate of drug-likeness (QED) is 0.661. The first-order valence-electron chi connectivity index (χ1n) is 5.44. The molecule has 0 spiro atoms. The average molecular weight is 220 g/mol. The first-order valence-corrected chi connectivity index (χ1v) is 5.82. The standard InChI is InChI=1S/C13H14ClN/c1-7(14)12-9-5-6-10(12)13-8(9)3-2-4-11(13)15/h2-4,9-10H,5-6,15H2,1H3/b12-7-. The number of anilines is 1. The van der Waals surface area contributed by atoms with Crippen molar-refractivity contribution in [2.45, 2.75) is 31.6 Å². The fourth-order valence-electron chi connectivity index (χ4n) is 3.30. The predicted octanol–water partition coefficient (Wildman–Crippen LogP) is 3.76. The molecule has 1 aromatic carbocycles. The van der Waals surface area contributed by atoms with Crippen molar-refractivity contribution in [1.29, 1.82) is 0 Å². The topological polar surface area (TPSA) is 26.0 Å². The smallest absolute Gasteiger partial charge is 0.0355 e. The van der Waals surface area contributed by atoms with Crippen molar-refractivity contribution in [2.75, 3.05) is 5.73 Å². The third kappa shape index (κ3) is 1.10. The molecule has 2 heteroatoms. The highest BCUT2D eigenvalue weighted by Crippen LogP contribution is 2.59. The number of halogens is 1. The zero-order chi connectivity index (χ0) is 10.6. The van der Waals surface area contributed by atoms with Gasteiger partial charge in [-0.2, -0.15) is 0 Å². The number of nitrogen functional groups attached to an aromatic ring is 1. The van der Waals surface area contributed by atoms with Gasteiger partial charge in [0, 0.05) is 22.6 Å². The van der Waals surface area contributed by atoms with Gasteiger partial charge in [0.05, 0.1) is 0 Å². The summed E-state index contributed by atoms with van der Waals surface area (Å²) in [4.78, 5) is 0. The number of fused-ring (bicyclic) bond motifs is 5. The van der Waals surface area contributed by atoms with Gasteiger partial charge in [-0.25, -0.2) is 0 Å². The Morgan fingerprint density at radius 2 is 2.07 bits per heavy atom. The van der Waals surface area contributed by atoms with Gasteiger partial charge < -0.3 is 5.73 Å². The van der Waals surface area contributed by atoms with E-state index in [2.05, 4.69) is 12.1 Å². The Kier molecular flexibility index (Phi) is 1.87. The molecule has 0 aromatic heterocycles. The van der Waals surface area contributed by atoms with E-state index in [1.807, 2.05) is 13.0 Å². The molecule has 1 fully saturated rings. The van der Waals surface area contributed by atoms with Crippen LogP contribution in [0.4, 0.5) is 5.69 Å². The highest BCUT2D eigenvalue weighted by Gasteiger charge is 2.43. The Morgan fingerprint density at radius 3 is 2.73 bits per heavy atom. The monoisotopic (exact) mass is 219 g/mol. The Morgan fingerprint density at radius 1 is 1.33 bits per heavy atom. The molecule has 2 aliphatic carbocycles. The van der Waals surface area contributed by atoms with Crippen LogP contribution in [0.2, 0.25) is 0 Å². The molecule has 1 saturated carbocycles. The van der Waals surface area contributed by atoms with E-state index < -0.39 is 0 Å². The van der Waals surface area contributed by atoms with E-state index in [1.165, 1.54) is 29.5 Å². The third-order valence-electron chi connectivity index (χ3n) is 3.79. The summed E-state index contributed by atoms with van der Waals surface area (Å²) in [6.45, 7) is 2.00. The van der Waals surface area contributed by atoms with Crippen LogP contribution in [0.3, 0.4) is 0 Å². The summed E-state index contributed by atoms with van der Waals surface area (Å²) in [5, 5.41) is 0.970. The molecule has 1 aromatic rings. The van der Waals surface area contributed by atoms with E-state index in [4.69, 9.17) is 17.3 Å². The molecule has 1 nitrogen and oxygen atoms in total. The van der Waals surface area contributed by atoms with Gasteiger partial charge in [-0.3, -0.25) is 0 Å². The summed E-state index contributed by atoms with van der Waals surface area (Å²) in [7, 11) is 0. The first kappa shape index (κ1) is 9.29. The van der Waals surface area contributed by atoms with Crippen LogP contribution in [-0.2, 0) is 0 Å². The van der Waals surface area contributed by atoms with E-state index in [1.54, 1.807) is 0 Å². The molecule has 78 valence electrons. The fourth-order valence-corrected chi connectivity index (χ4v) is 3.56. The Labute approximate surface area is 94.9 Å². The van der Waals surface area contributed by atoms with E-state index >= 15 is 0 Å². The lowest BCUT2D eigenvalue weighted by atomic mass is 9.91. The van der Waals surface area contributed by atoms with E-state index in [9.17, 15) is 0 Å². The van der Waals surface area contributed by atoms with Crippen LogP contribution in [0, 0.1) is 0 Å². The summed E-state index contributed by atoms with van der Waals surface area (Å²) < 4.78 is 0. The molecular formula is C13H14ClN. The van der Waals surface area contributed by atoms with Crippen LogP contribution in [-0.4, -0.2) is 0 Å². The Balaban J connectivity index is 2.26. The van der Waals surface area contributed by atoms with Crippen molar-refractivity contribution in [1.82, 2.24) is 0 Å². The number of hydrogen-bond acceptors (Lipinski definition) is 1. The van der Waals surface area contributed by atoms with Crippen molar-refractivity contribution in [3.63, 3.8) is 0 Å². The predicted molar refractivity (Wildman–Crippen MR) is 64.1 cm³/mol. The summed E-state index contributed by atoms with van der Waals surface area (Å²) in [6.07, 6.45) is 2.45. The number of benzene rings is 1. The molecule has 2 bridgehead atoms. The van der Waals surface area contributed by atoms with Crippen molar-refractivity contribution in [2.24, 2.45) is 0 Å². The second-order valence-corrected chi connectivity index (χ2v) is 5.09. The van der Waals surface area contributed by atoms with Gasteiger partial charge in [0.25, 0.3) is 0 Å². The summed E-state index contributed by atoms with van der Waals surface area (Å²) >= 11 is 6.20. The van der Waals surface area contributed by atoms with E-state index in [0.717, 1.165) is 10.7 Å². The second kappa shape index (κ2) is 3.02. The molecule has 3 rings (SSSR count). The minimum atomic E-state index is 0.503. The molecule has 0 aliphatic heterocycles. The summed E-state index contributed by atoms with van der Waals surface area (Å²) in [6, 6.07) is 6.26. The van der Waals surface area contributed by atoms with Crippen LogP contribution >= 0.6 is 11.6 Å². The van der Waals surface area contributed by atoms with Gasteiger partial charge in [0.1, 0.15) is 0 Å². The lowest BCUT2D eigenvalue weighted by Crippen LogP contribution is -2.01. The Hall–Kier alpha value is -0.950. The third-order valence-corrected chi connectivity index (χ3v) is 4.01. The number of nitrogens with two attached hydrogens (primary N) is 1. The minimum absolute atomic E-state index is 0.503. The zero-order valence-electron chi connectivity index (χ0n) is 8.76. The second-order valence-electron chi connectivity index (χ2n) is 4.52. The maximum Gasteiger partial charge on any atom is 0.0355 e. The lowest BCUT2D eigenvalue weighted by molar-refractivity contribution is 0.719. The largest absolute Gasteiger partial charge is 0.398 e. The van der Waals surface area contributed by atoms with Crippen LogP contribution in [0.5, 0.6) is 0 Å². The van der Waals surface area contributed by atoms with Crippen molar-refractivity contribution < 1.29 is 0 Å². The molecule has 2 N–H and O–H groups in total. The highest BCUT2D eigenvalue weighted by molar-refractivity contribution is 6.29. The highest BCUT2D eigenvalue weighted by atomic mass is 35.5. The van der Waals surface area contributed by atoms with E-state index in [-0.39, 0.29) is 0 Å². The molecule has 2 unspecified atom stereocenters. The molecule has 2 atom stereocenters. The number of allylic oxidation sites excluding steroid dienone is 2. The molecule has 0 amide bonds. The summed E-state index contributed by atoms with van der Waals surface area (Å²) in [5.41, 5.74) is 11.2. The molecule has 2 aliphatic rings. The van der Waals surface area contributed by atoms with Crippen molar-refractivity contribution in [3.05, 3.63) is 39.9 Å². The van der Waals surface area contributed by atoms with Gasteiger partial charge >= 0.3 is 0 Å². The molecule has 15 heavy (non-hydrogen) atoms. The fraction of sp³-hybridized carbons (Fsp3) is 0.385. The van der Waals surface area contributed by atoms with E-state index in [0.29, 0.717) is 11.8 Å². The normalized spacial score (nSPS) is 30.5. The van der Waals surface area contributed by atoms with Crippen molar-refractivity contribution >= 4 is 17.3 Å². The number of rotatable bonds is 0. The van der Waals surface area contributed by atoms with Crippen LogP contribution < -0.4 is 5.73 Å². The maximum absolute atomic E-state index is 6.20. The van der Waals surface area contributed by atoms with Crippen LogP contribution in [0.25, 0.3) is 0 Å². The Bertz CT molecular complexity index is 458. The molecule has 0 saturated heterocycles. The first-order chi connectivity index (χ1) is 7.20. The summed E-state index contributed by atoms with van der Waals surface area (Å²) in [5.74, 6) is 1.05. The van der Waals surface area contributed by atoms with Crippen LogP contribution in [0.1, 0.15) is 42.7 Å². The minimum Gasteiger partial charge on any atom is -0.398 e. The van der Waals surface area contributed by atoms with Gasteiger partial charge in [0.15, 0.2) is 0 Å². The van der Waals surface area contributed by atoms with Gasteiger partial charge in [-0.15, -0.1) is 0 Å². The van der Waals surface area contributed by atoms with Gasteiger partial charge in [-0.1, -0.05) is 23.7 Å². The lowest BCUT2D eigenvalue weighted by Gasteiger charge is -2.15.